The van der Waals surface area contributed by atoms with Crippen LogP contribution in [0.25, 0.3) is 60.6 Å². The van der Waals surface area contributed by atoms with Gasteiger partial charge >= 0.3 is 0 Å². The molecule has 3 heteroatoms. The first-order chi connectivity index (χ1) is 26.5. The van der Waals surface area contributed by atoms with E-state index >= 15 is 0 Å². The first kappa shape index (κ1) is 32.7. The molecule has 264 valence electrons. The topological polar surface area (TPSA) is 33.7 Å². The molecule has 54 heavy (non-hydrogen) atoms. The first-order valence-electron chi connectivity index (χ1n) is 19.6. The van der Waals surface area contributed by atoms with E-state index in [1.165, 1.54) is 71.7 Å². The van der Waals surface area contributed by atoms with Crippen LogP contribution in [0.4, 0.5) is 0 Å². The Bertz CT molecular complexity index is 2780. The standard InChI is InChI=1S/C51H45N3/c1-32-25-26-33(2)41(27-32)45(52)30-42(35-15-6-4-7-16-35)51-34(3)50(51)36-17-14-20-38(28-36)54-47-24-13-11-22-40(47)44-29-43-39-21-10-12-23-46(39)53(48(43)31-49(44)54)37-18-8-5-9-19-37/h4-26,28-34,41,50-52H,27H2,1-3H3/b42-30-,52-45?/t32?,33?,34?,41?,50?,51-/m1/s1. The summed E-state index contributed by atoms with van der Waals surface area (Å²) in [5.41, 5.74) is 11.9. The highest BCUT2D eigenvalue weighted by molar-refractivity contribution is 6.19. The number of aromatic nitrogens is 2. The van der Waals surface area contributed by atoms with Gasteiger partial charge in [0, 0.05) is 44.5 Å². The lowest BCUT2D eigenvalue weighted by molar-refractivity contribution is 0.425. The average molecular weight is 700 g/mol. The quantitative estimate of drug-likeness (QED) is 0.127. The second-order valence-electron chi connectivity index (χ2n) is 15.9. The molecule has 3 nitrogen and oxygen atoms in total. The van der Waals surface area contributed by atoms with Gasteiger partial charge in [-0.2, -0.15) is 0 Å². The summed E-state index contributed by atoms with van der Waals surface area (Å²) in [6, 6.07) is 53.4. The van der Waals surface area contributed by atoms with Crippen molar-refractivity contribution in [1.29, 1.82) is 5.41 Å². The Hall–Kier alpha value is -5.93. The minimum atomic E-state index is 0.252. The van der Waals surface area contributed by atoms with E-state index < -0.39 is 0 Å². The number of hydrogen-bond donors (Lipinski definition) is 1. The molecule has 2 heterocycles. The van der Waals surface area contributed by atoms with Crippen molar-refractivity contribution in [3.63, 3.8) is 0 Å². The fourth-order valence-corrected chi connectivity index (χ4v) is 9.77. The Kier molecular flexibility index (Phi) is 7.80. The van der Waals surface area contributed by atoms with Crippen LogP contribution in [0.15, 0.2) is 164 Å². The minimum Gasteiger partial charge on any atom is -0.309 e. The summed E-state index contributed by atoms with van der Waals surface area (Å²) < 4.78 is 4.89. The van der Waals surface area contributed by atoms with Gasteiger partial charge in [0.05, 0.1) is 22.1 Å². The molecule has 8 aromatic rings. The number of benzene rings is 6. The van der Waals surface area contributed by atoms with Crippen molar-refractivity contribution in [2.45, 2.75) is 33.1 Å². The molecule has 6 atom stereocenters. The highest BCUT2D eigenvalue weighted by Crippen LogP contribution is 2.60. The van der Waals surface area contributed by atoms with Gasteiger partial charge in [-0.25, -0.2) is 0 Å². The Morgan fingerprint density at radius 1 is 0.574 bits per heavy atom. The smallest absolute Gasteiger partial charge is 0.0562 e. The molecule has 2 aliphatic rings. The number of fused-ring (bicyclic) bond motifs is 6. The molecule has 0 radical (unpaired) electrons. The molecule has 0 amide bonds. The molecule has 0 saturated heterocycles. The average Bonchev–Trinajstić information content (AvgIpc) is 3.61. The summed E-state index contributed by atoms with van der Waals surface area (Å²) in [7, 11) is 0. The summed E-state index contributed by atoms with van der Waals surface area (Å²) >= 11 is 0. The van der Waals surface area contributed by atoms with Crippen LogP contribution in [0.1, 0.15) is 44.2 Å². The van der Waals surface area contributed by atoms with Crippen molar-refractivity contribution >= 4 is 54.9 Å². The van der Waals surface area contributed by atoms with Gasteiger partial charge < -0.3 is 14.5 Å². The fourth-order valence-electron chi connectivity index (χ4n) is 9.77. The third-order valence-corrected chi connectivity index (χ3v) is 12.6. The van der Waals surface area contributed by atoms with Crippen molar-refractivity contribution in [2.75, 3.05) is 0 Å². The first-order valence-corrected chi connectivity index (χ1v) is 19.6. The molecule has 5 unspecified atom stereocenters. The fraction of sp³-hybridized carbons (Fsp3) is 0.196. The summed E-state index contributed by atoms with van der Waals surface area (Å²) in [6.07, 6.45) is 7.93. The van der Waals surface area contributed by atoms with Crippen molar-refractivity contribution in [2.24, 2.45) is 29.6 Å². The minimum absolute atomic E-state index is 0.252. The number of nitrogens with one attached hydrogen (secondary N) is 1. The molecule has 2 aliphatic carbocycles. The zero-order valence-electron chi connectivity index (χ0n) is 31.2. The van der Waals surface area contributed by atoms with Gasteiger partial charge in [-0.05, 0) is 107 Å². The number of hydrogen-bond acceptors (Lipinski definition) is 1. The highest BCUT2D eigenvalue weighted by Gasteiger charge is 2.50. The van der Waals surface area contributed by atoms with Crippen LogP contribution in [0.3, 0.4) is 0 Å². The van der Waals surface area contributed by atoms with Crippen LogP contribution < -0.4 is 0 Å². The van der Waals surface area contributed by atoms with Gasteiger partial charge in [-0.1, -0.05) is 130 Å². The SMILES string of the molecule is CC1C=CC(C)C(C(=N)/C=C(/c2ccccc2)[C@H]2C(C)C2c2cccc(-n3c4ccccc4c4cc5c6ccccc6n(-c6ccccc6)c5cc43)c2)C1. The number of nitrogens with zero attached hydrogens (tertiary/aromatic N) is 2. The lowest BCUT2D eigenvalue weighted by Gasteiger charge is -2.28. The lowest BCUT2D eigenvalue weighted by Crippen LogP contribution is -2.24. The third-order valence-electron chi connectivity index (χ3n) is 12.6. The van der Waals surface area contributed by atoms with E-state index in [1.54, 1.807) is 0 Å². The molecule has 0 bridgehead atoms. The maximum Gasteiger partial charge on any atom is 0.0562 e. The molecule has 0 spiro atoms. The van der Waals surface area contributed by atoms with E-state index in [4.69, 9.17) is 0 Å². The lowest BCUT2D eigenvalue weighted by atomic mass is 9.77. The van der Waals surface area contributed by atoms with Gasteiger partial charge in [0.25, 0.3) is 0 Å². The third kappa shape index (κ3) is 5.28. The number of rotatable bonds is 7. The number of allylic oxidation sites excluding steroid dienone is 4. The van der Waals surface area contributed by atoms with Crippen LogP contribution in [0.2, 0.25) is 0 Å². The molecular weight excluding hydrogens is 655 g/mol. The molecule has 1 N–H and O–H groups in total. The van der Waals surface area contributed by atoms with Gasteiger partial charge in [0.15, 0.2) is 0 Å². The van der Waals surface area contributed by atoms with Crippen LogP contribution in [0.5, 0.6) is 0 Å². The summed E-state index contributed by atoms with van der Waals surface area (Å²) in [5, 5.41) is 14.4. The van der Waals surface area contributed by atoms with E-state index in [2.05, 4.69) is 194 Å². The normalized spacial score (nSPS) is 22.8. The maximum atomic E-state index is 9.37. The predicted molar refractivity (Wildman–Crippen MR) is 228 cm³/mol. The molecule has 0 aliphatic heterocycles. The number of para-hydroxylation sites is 3. The molecule has 10 rings (SSSR count). The van der Waals surface area contributed by atoms with Crippen molar-refractivity contribution < 1.29 is 0 Å². The molecule has 1 fully saturated rings. The summed E-state index contributed by atoms with van der Waals surface area (Å²) in [4.78, 5) is 0. The largest absolute Gasteiger partial charge is 0.309 e. The zero-order valence-corrected chi connectivity index (χ0v) is 31.2. The predicted octanol–water partition coefficient (Wildman–Crippen LogP) is 13.2. The Labute approximate surface area is 317 Å². The van der Waals surface area contributed by atoms with Crippen molar-refractivity contribution in [1.82, 2.24) is 9.13 Å². The van der Waals surface area contributed by atoms with Crippen LogP contribution in [-0.4, -0.2) is 14.8 Å². The molecular formula is C51H45N3. The van der Waals surface area contributed by atoms with Gasteiger partial charge in [0.1, 0.15) is 0 Å². The van der Waals surface area contributed by atoms with Gasteiger partial charge in [-0.3, -0.25) is 0 Å². The van der Waals surface area contributed by atoms with Crippen LogP contribution in [-0.2, 0) is 0 Å². The van der Waals surface area contributed by atoms with E-state index in [-0.39, 0.29) is 5.92 Å². The highest BCUT2D eigenvalue weighted by atomic mass is 15.0. The molecule has 1 saturated carbocycles. The van der Waals surface area contributed by atoms with Crippen LogP contribution in [0, 0.1) is 35.0 Å². The van der Waals surface area contributed by atoms with Crippen LogP contribution >= 0.6 is 0 Å². The molecule has 2 aromatic heterocycles. The second-order valence-corrected chi connectivity index (χ2v) is 15.9. The monoisotopic (exact) mass is 699 g/mol. The van der Waals surface area contributed by atoms with E-state index in [0.717, 1.165) is 12.1 Å². The van der Waals surface area contributed by atoms with Gasteiger partial charge in [-0.15, -0.1) is 0 Å². The van der Waals surface area contributed by atoms with Crippen molar-refractivity contribution in [3.05, 3.63) is 175 Å². The summed E-state index contributed by atoms with van der Waals surface area (Å²) in [5.74, 6) is 2.35. The Balaban J connectivity index is 1.10. The molecule has 6 aromatic carbocycles. The second kappa shape index (κ2) is 12.9. The van der Waals surface area contributed by atoms with E-state index in [1.807, 2.05) is 0 Å². The van der Waals surface area contributed by atoms with Crippen molar-refractivity contribution in [3.8, 4) is 11.4 Å². The Morgan fingerprint density at radius 2 is 1.17 bits per heavy atom. The Morgan fingerprint density at radius 3 is 1.85 bits per heavy atom. The van der Waals surface area contributed by atoms with E-state index in [0.29, 0.717) is 29.6 Å². The van der Waals surface area contributed by atoms with E-state index in [9.17, 15) is 5.41 Å². The summed E-state index contributed by atoms with van der Waals surface area (Å²) in [6.45, 7) is 6.95. The maximum absolute atomic E-state index is 9.37. The zero-order chi connectivity index (χ0) is 36.5. The van der Waals surface area contributed by atoms with Gasteiger partial charge in [0.2, 0.25) is 0 Å².